The number of hydrogen-bond donors (Lipinski definition) is 0. The van der Waals surface area contributed by atoms with Crippen LogP contribution in [0.3, 0.4) is 0 Å². The van der Waals surface area contributed by atoms with E-state index in [9.17, 15) is 4.79 Å². The first kappa shape index (κ1) is 17.9. The first-order chi connectivity index (χ1) is 14.2. The van der Waals surface area contributed by atoms with Crippen molar-refractivity contribution in [1.82, 2.24) is 14.5 Å². The molecule has 1 aliphatic rings. The fourth-order valence-electron chi connectivity index (χ4n) is 4.18. The molecule has 5 nitrogen and oxygen atoms in total. The zero-order valence-electron chi connectivity index (χ0n) is 16.6. The van der Waals surface area contributed by atoms with Gasteiger partial charge < -0.3 is 9.80 Å². The number of hydrogen-bond acceptors (Lipinski definition) is 4. The molecule has 0 radical (unpaired) electrons. The van der Waals surface area contributed by atoms with Gasteiger partial charge in [-0.3, -0.25) is 9.36 Å². The van der Waals surface area contributed by atoms with Crippen LogP contribution < -0.4 is 10.5 Å². The van der Waals surface area contributed by atoms with Crippen LogP contribution in [0.25, 0.3) is 21.7 Å². The highest BCUT2D eigenvalue weighted by molar-refractivity contribution is 6.11. The van der Waals surface area contributed by atoms with Gasteiger partial charge in [0.25, 0.3) is 5.56 Å². The lowest BCUT2D eigenvalue weighted by molar-refractivity contribution is 0.313. The number of nitrogens with zero attached hydrogens (tertiary/aromatic N) is 4. The second-order valence-corrected chi connectivity index (χ2v) is 7.79. The lowest BCUT2D eigenvalue weighted by Gasteiger charge is -2.34. The second kappa shape index (κ2) is 7.33. The number of rotatable bonds is 3. The number of fused-ring (bicyclic) bond motifs is 3. The van der Waals surface area contributed by atoms with Crippen molar-refractivity contribution >= 4 is 27.4 Å². The smallest absolute Gasteiger partial charge is 0.261 e. The van der Waals surface area contributed by atoms with E-state index < -0.39 is 0 Å². The zero-order chi connectivity index (χ0) is 19.8. The number of likely N-dealkylation sites (N-methyl/N-ethyl adjacent to an activating group) is 1. The van der Waals surface area contributed by atoms with Gasteiger partial charge in [-0.15, -0.1) is 0 Å². The van der Waals surface area contributed by atoms with E-state index in [1.54, 1.807) is 10.9 Å². The quantitative estimate of drug-likeness (QED) is 0.508. The minimum Gasteiger partial charge on any atom is -0.368 e. The maximum absolute atomic E-state index is 13.4. The SMILES string of the molecule is CN1CCN(c2cc3c(=O)n(Cc4ccccc4)cnc3c3ccccc23)CC1. The topological polar surface area (TPSA) is 41.4 Å². The van der Waals surface area contributed by atoms with Gasteiger partial charge in [0.05, 0.1) is 23.8 Å². The molecule has 3 aromatic carbocycles. The summed E-state index contributed by atoms with van der Waals surface area (Å²) in [6, 6.07) is 20.4. The number of anilines is 1. The molecule has 0 spiro atoms. The third-order valence-electron chi connectivity index (χ3n) is 5.85. The van der Waals surface area contributed by atoms with E-state index in [4.69, 9.17) is 4.98 Å². The van der Waals surface area contributed by atoms with Gasteiger partial charge in [0, 0.05) is 42.6 Å². The maximum Gasteiger partial charge on any atom is 0.261 e. The van der Waals surface area contributed by atoms with Crippen LogP contribution in [0.2, 0.25) is 0 Å². The molecule has 29 heavy (non-hydrogen) atoms. The molecule has 0 aliphatic carbocycles. The van der Waals surface area contributed by atoms with Gasteiger partial charge in [-0.05, 0) is 18.7 Å². The first-order valence-electron chi connectivity index (χ1n) is 10.1. The Morgan fingerprint density at radius 1 is 0.862 bits per heavy atom. The lowest BCUT2D eigenvalue weighted by Crippen LogP contribution is -2.44. The van der Waals surface area contributed by atoms with E-state index >= 15 is 0 Å². The molecule has 1 aromatic heterocycles. The van der Waals surface area contributed by atoms with Crippen molar-refractivity contribution in [2.75, 3.05) is 38.1 Å². The van der Waals surface area contributed by atoms with Crippen LogP contribution in [0.4, 0.5) is 5.69 Å². The van der Waals surface area contributed by atoms with Crippen molar-refractivity contribution < 1.29 is 0 Å². The summed E-state index contributed by atoms with van der Waals surface area (Å²) in [4.78, 5) is 22.8. The van der Waals surface area contributed by atoms with Crippen molar-refractivity contribution in [3.63, 3.8) is 0 Å². The summed E-state index contributed by atoms with van der Waals surface area (Å²) in [6.45, 7) is 4.50. The monoisotopic (exact) mass is 384 g/mol. The van der Waals surface area contributed by atoms with Crippen molar-refractivity contribution in [3.05, 3.63) is 82.9 Å². The Hall–Kier alpha value is -3.18. The van der Waals surface area contributed by atoms with Crippen molar-refractivity contribution in [2.24, 2.45) is 0 Å². The Labute approximate surface area is 169 Å². The van der Waals surface area contributed by atoms with Gasteiger partial charge >= 0.3 is 0 Å². The third-order valence-corrected chi connectivity index (χ3v) is 5.85. The molecule has 0 unspecified atom stereocenters. The average molecular weight is 384 g/mol. The molecule has 2 heterocycles. The van der Waals surface area contributed by atoms with Gasteiger partial charge in [-0.25, -0.2) is 4.98 Å². The van der Waals surface area contributed by atoms with Crippen molar-refractivity contribution in [1.29, 1.82) is 0 Å². The van der Waals surface area contributed by atoms with Crippen LogP contribution >= 0.6 is 0 Å². The average Bonchev–Trinajstić information content (AvgIpc) is 2.76. The van der Waals surface area contributed by atoms with Crippen molar-refractivity contribution in [3.8, 4) is 0 Å². The van der Waals surface area contributed by atoms with Gasteiger partial charge in [0.15, 0.2) is 0 Å². The molecule has 0 atom stereocenters. The summed E-state index contributed by atoms with van der Waals surface area (Å²) in [5.41, 5.74) is 3.03. The van der Waals surface area contributed by atoms with E-state index in [0.29, 0.717) is 11.9 Å². The summed E-state index contributed by atoms with van der Waals surface area (Å²) in [5, 5.41) is 2.90. The fourth-order valence-corrected chi connectivity index (χ4v) is 4.18. The molecular formula is C24H24N4O. The van der Waals surface area contributed by atoms with Gasteiger partial charge in [-0.2, -0.15) is 0 Å². The van der Waals surface area contributed by atoms with Crippen LogP contribution in [0.5, 0.6) is 0 Å². The van der Waals surface area contributed by atoms with Gasteiger partial charge in [-0.1, -0.05) is 54.6 Å². The minimum absolute atomic E-state index is 0.0139. The fraction of sp³-hybridized carbons (Fsp3) is 0.250. The highest BCUT2D eigenvalue weighted by Gasteiger charge is 2.19. The van der Waals surface area contributed by atoms with E-state index in [0.717, 1.165) is 53.7 Å². The van der Waals surface area contributed by atoms with Crippen LogP contribution in [0.15, 0.2) is 71.8 Å². The summed E-state index contributed by atoms with van der Waals surface area (Å²) < 4.78 is 1.71. The van der Waals surface area contributed by atoms with Crippen LogP contribution in [0.1, 0.15) is 5.56 Å². The molecule has 1 aliphatic heterocycles. The largest absolute Gasteiger partial charge is 0.368 e. The molecule has 4 aromatic rings. The lowest BCUT2D eigenvalue weighted by atomic mass is 10.0. The Bertz CT molecular complexity index is 1220. The standard InChI is InChI=1S/C24H24N4O/c1-26-11-13-27(14-12-26)22-15-21-23(20-10-6-5-9-19(20)22)25-17-28(24(21)29)16-18-7-3-2-4-8-18/h2-10,15,17H,11-14,16H2,1H3. The number of aromatic nitrogens is 2. The highest BCUT2D eigenvalue weighted by atomic mass is 16.1. The Morgan fingerprint density at radius 2 is 1.55 bits per heavy atom. The minimum atomic E-state index is 0.0139. The van der Waals surface area contributed by atoms with Gasteiger partial charge in [0.2, 0.25) is 0 Å². The Balaban J connectivity index is 1.68. The molecule has 0 amide bonds. The summed E-state index contributed by atoms with van der Waals surface area (Å²) in [7, 11) is 2.15. The van der Waals surface area contributed by atoms with E-state index in [1.165, 1.54) is 0 Å². The van der Waals surface area contributed by atoms with E-state index in [1.807, 2.05) is 36.4 Å². The Kier molecular flexibility index (Phi) is 4.52. The van der Waals surface area contributed by atoms with Crippen LogP contribution in [0, 0.1) is 0 Å². The summed E-state index contributed by atoms with van der Waals surface area (Å²) >= 11 is 0. The molecule has 1 fully saturated rings. The van der Waals surface area contributed by atoms with Crippen LogP contribution in [-0.4, -0.2) is 47.7 Å². The summed E-state index contributed by atoms with van der Waals surface area (Å²) in [6.07, 6.45) is 1.68. The van der Waals surface area contributed by atoms with Crippen molar-refractivity contribution in [2.45, 2.75) is 6.54 Å². The predicted molar refractivity (Wildman–Crippen MR) is 119 cm³/mol. The molecule has 5 rings (SSSR count). The van der Waals surface area contributed by atoms with E-state index in [2.05, 4.69) is 41.1 Å². The highest BCUT2D eigenvalue weighted by Crippen LogP contribution is 2.32. The molecule has 0 saturated carbocycles. The molecule has 146 valence electrons. The third kappa shape index (κ3) is 3.28. The van der Waals surface area contributed by atoms with Crippen LogP contribution in [-0.2, 0) is 6.54 Å². The summed E-state index contributed by atoms with van der Waals surface area (Å²) in [5.74, 6) is 0. The normalized spacial score (nSPS) is 15.3. The Morgan fingerprint density at radius 3 is 2.31 bits per heavy atom. The number of benzene rings is 3. The molecule has 0 bridgehead atoms. The second-order valence-electron chi connectivity index (χ2n) is 7.79. The molecular weight excluding hydrogens is 360 g/mol. The number of piperazine rings is 1. The molecule has 5 heteroatoms. The zero-order valence-corrected chi connectivity index (χ0v) is 16.6. The first-order valence-corrected chi connectivity index (χ1v) is 10.1. The molecule has 1 saturated heterocycles. The molecule has 0 N–H and O–H groups in total. The predicted octanol–water partition coefficient (Wildman–Crippen LogP) is 3.35. The maximum atomic E-state index is 13.4. The van der Waals surface area contributed by atoms with Gasteiger partial charge in [0.1, 0.15) is 0 Å². The van der Waals surface area contributed by atoms with E-state index in [-0.39, 0.29) is 5.56 Å².